The van der Waals surface area contributed by atoms with E-state index in [2.05, 4.69) is 59.2 Å². The first-order valence-electron chi connectivity index (χ1n) is 10.9. The summed E-state index contributed by atoms with van der Waals surface area (Å²) in [5.41, 5.74) is 2.34. The molecule has 8 nitrogen and oxygen atoms in total. The van der Waals surface area contributed by atoms with E-state index in [-0.39, 0.29) is 17.1 Å². The third-order valence-corrected chi connectivity index (χ3v) is 5.64. The first kappa shape index (κ1) is 22.0. The van der Waals surface area contributed by atoms with Gasteiger partial charge in [0, 0.05) is 17.6 Å². The van der Waals surface area contributed by atoms with Gasteiger partial charge in [-0.2, -0.15) is 0 Å². The number of aromatic amines is 1. The van der Waals surface area contributed by atoms with Crippen molar-refractivity contribution in [1.82, 2.24) is 30.1 Å². The number of aromatic nitrogens is 5. The number of tetrazole rings is 1. The molecule has 0 spiro atoms. The number of hydrogen-bond donors (Lipinski definition) is 1. The molecule has 1 aromatic carbocycles. The largest absolute Gasteiger partial charge is 0.468 e. The molecular formula is C24H30N6O2. The Morgan fingerprint density at radius 2 is 2.00 bits per heavy atom. The van der Waals surface area contributed by atoms with Gasteiger partial charge < -0.3 is 9.40 Å². The average Bonchev–Trinajstić information content (AvgIpc) is 3.41. The van der Waals surface area contributed by atoms with Crippen molar-refractivity contribution in [2.45, 2.75) is 65.7 Å². The van der Waals surface area contributed by atoms with Gasteiger partial charge in [-0.25, -0.2) is 4.68 Å². The highest BCUT2D eigenvalue weighted by Gasteiger charge is 2.30. The smallest absolute Gasteiger partial charge is 0.252 e. The van der Waals surface area contributed by atoms with Crippen LogP contribution in [0.5, 0.6) is 0 Å². The third kappa shape index (κ3) is 4.50. The van der Waals surface area contributed by atoms with Crippen LogP contribution in [-0.2, 0) is 18.6 Å². The van der Waals surface area contributed by atoms with Crippen LogP contribution in [0.2, 0.25) is 0 Å². The molecule has 0 saturated heterocycles. The van der Waals surface area contributed by atoms with Crippen LogP contribution in [0.1, 0.15) is 62.9 Å². The quantitative estimate of drug-likeness (QED) is 0.466. The van der Waals surface area contributed by atoms with E-state index in [1.165, 1.54) is 0 Å². The molecule has 1 unspecified atom stereocenters. The monoisotopic (exact) mass is 434 g/mol. The zero-order chi connectivity index (χ0) is 22.9. The van der Waals surface area contributed by atoms with E-state index in [0.717, 1.165) is 34.5 Å². The molecule has 4 aromatic rings. The van der Waals surface area contributed by atoms with Crippen molar-refractivity contribution in [3.05, 3.63) is 75.7 Å². The van der Waals surface area contributed by atoms with Gasteiger partial charge in [0.05, 0.1) is 24.4 Å². The molecule has 0 radical (unpaired) electrons. The maximum absolute atomic E-state index is 12.9. The highest BCUT2D eigenvalue weighted by atomic mass is 16.3. The van der Waals surface area contributed by atoms with Crippen LogP contribution in [0.25, 0.3) is 10.9 Å². The Morgan fingerprint density at radius 1 is 1.19 bits per heavy atom. The molecule has 32 heavy (non-hydrogen) atoms. The molecular weight excluding hydrogens is 404 g/mol. The lowest BCUT2D eigenvalue weighted by Gasteiger charge is -2.31. The van der Waals surface area contributed by atoms with Crippen molar-refractivity contribution in [3.63, 3.8) is 0 Å². The lowest BCUT2D eigenvalue weighted by molar-refractivity contribution is 0.142. The number of rotatable bonds is 7. The second kappa shape index (κ2) is 8.70. The molecule has 3 heterocycles. The Bertz CT molecular complexity index is 1250. The van der Waals surface area contributed by atoms with E-state index < -0.39 is 0 Å². The maximum atomic E-state index is 12.9. The van der Waals surface area contributed by atoms with Gasteiger partial charge in [-0.05, 0) is 80.3 Å². The summed E-state index contributed by atoms with van der Waals surface area (Å²) in [7, 11) is 0. The first-order valence-corrected chi connectivity index (χ1v) is 10.9. The maximum Gasteiger partial charge on any atom is 0.252 e. The lowest BCUT2D eigenvalue weighted by Crippen LogP contribution is -2.35. The summed E-state index contributed by atoms with van der Waals surface area (Å²) in [4.78, 5) is 18.2. The van der Waals surface area contributed by atoms with Gasteiger partial charge in [-0.15, -0.1) is 5.10 Å². The molecule has 4 rings (SSSR count). The Hall–Kier alpha value is -3.26. The number of pyridine rings is 1. The van der Waals surface area contributed by atoms with Gasteiger partial charge in [0.2, 0.25) is 0 Å². The molecule has 0 aliphatic rings. The predicted octanol–water partition coefficient (Wildman–Crippen LogP) is 4.32. The van der Waals surface area contributed by atoms with Crippen LogP contribution >= 0.6 is 0 Å². The highest BCUT2D eigenvalue weighted by molar-refractivity contribution is 5.79. The molecule has 0 aliphatic carbocycles. The van der Waals surface area contributed by atoms with Crippen molar-refractivity contribution >= 4 is 10.9 Å². The molecule has 1 N–H and O–H groups in total. The first-order chi connectivity index (χ1) is 15.3. The highest BCUT2D eigenvalue weighted by Crippen LogP contribution is 2.29. The molecule has 1 atom stereocenters. The fourth-order valence-electron chi connectivity index (χ4n) is 4.07. The van der Waals surface area contributed by atoms with Crippen molar-refractivity contribution in [2.24, 2.45) is 0 Å². The van der Waals surface area contributed by atoms with Crippen LogP contribution in [0, 0.1) is 6.92 Å². The second-order valence-corrected chi connectivity index (χ2v) is 9.24. The number of furan rings is 1. The molecule has 0 amide bonds. The van der Waals surface area contributed by atoms with Gasteiger partial charge in [0.15, 0.2) is 5.82 Å². The predicted molar refractivity (Wildman–Crippen MR) is 123 cm³/mol. The van der Waals surface area contributed by atoms with Crippen molar-refractivity contribution < 1.29 is 4.42 Å². The molecule has 0 aliphatic heterocycles. The average molecular weight is 435 g/mol. The van der Waals surface area contributed by atoms with Gasteiger partial charge in [-0.3, -0.25) is 9.69 Å². The molecule has 3 aromatic heterocycles. The Morgan fingerprint density at radius 3 is 2.69 bits per heavy atom. The minimum Gasteiger partial charge on any atom is -0.468 e. The molecule has 0 fully saturated rings. The Balaban J connectivity index is 1.76. The standard InChI is InChI=1S/C24H30N6O2/c1-6-21(22-26-27-28-30(22)24(3,4)5)29(15-19-8-7-11-32-19)14-18-13-17-12-16(2)9-10-20(17)25-23(18)31/h7-13,21H,6,14-15H2,1-5H3,(H,25,31). The molecule has 8 heteroatoms. The summed E-state index contributed by atoms with van der Waals surface area (Å²) < 4.78 is 7.51. The summed E-state index contributed by atoms with van der Waals surface area (Å²) >= 11 is 0. The minimum atomic E-state index is -0.263. The third-order valence-electron chi connectivity index (χ3n) is 5.64. The van der Waals surface area contributed by atoms with E-state index >= 15 is 0 Å². The summed E-state index contributed by atoms with van der Waals surface area (Å²) in [6.07, 6.45) is 2.45. The van der Waals surface area contributed by atoms with E-state index in [1.54, 1.807) is 6.26 Å². The number of aryl methyl sites for hydroxylation is 1. The summed E-state index contributed by atoms with van der Waals surface area (Å²) in [6, 6.07) is 11.7. The van der Waals surface area contributed by atoms with Crippen LogP contribution < -0.4 is 5.56 Å². The lowest BCUT2D eigenvalue weighted by atomic mass is 10.1. The second-order valence-electron chi connectivity index (χ2n) is 9.24. The fraction of sp³-hybridized carbons (Fsp3) is 0.417. The van der Waals surface area contributed by atoms with Crippen LogP contribution in [0.3, 0.4) is 0 Å². The number of H-pyrrole nitrogens is 1. The minimum absolute atomic E-state index is 0.0870. The van der Waals surface area contributed by atoms with E-state index in [9.17, 15) is 4.79 Å². The Kier molecular flexibility index (Phi) is 5.97. The Labute approximate surface area is 187 Å². The van der Waals surface area contributed by atoms with Crippen molar-refractivity contribution in [2.75, 3.05) is 0 Å². The molecule has 0 saturated carbocycles. The fourth-order valence-corrected chi connectivity index (χ4v) is 4.07. The molecule has 168 valence electrons. The number of fused-ring (bicyclic) bond motifs is 1. The van der Waals surface area contributed by atoms with Crippen molar-refractivity contribution in [3.8, 4) is 0 Å². The van der Waals surface area contributed by atoms with Gasteiger partial charge in [0.1, 0.15) is 5.76 Å². The van der Waals surface area contributed by atoms with E-state index in [4.69, 9.17) is 4.42 Å². The van der Waals surface area contributed by atoms with Crippen LogP contribution in [0.4, 0.5) is 0 Å². The zero-order valence-corrected chi connectivity index (χ0v) is 19.3. The SMILES string of the molecule is CCC(c1nnnn1C(C)(C)C)N(Cc1ccco1)Cc1cc2cc(C)ccc2[nH]c1=O. The summed E-state index contributed by atoms with van der Waals surface area (Å²) in [5.74, 6) is 1.60. The summed E-state index contributed by atoms with van der Waals surface area (Å²) in [5, 5.41) is 13.6. The summed E-state index contributed by atoms with van der Waals surface area (Å²) in [6.45, 7) is 11.4. The number of nitrogens with one attached hydrogen (secondary N) is 1. The van der Waals surface area contributed by atoms with Gasteiger partial charge >= 0.3 is 0 Å². The van der Waals surface area contributed by atoms with Gasteiger partial charge in [-0.1, -0.05) is 18.6 Å². The van der Waals surface area contributed by atoms with Crippen LogP contribution in [0.15, 0.2) is 51.9 Å². The zero-order valence-electron chi connectivity index (χ0n) is 19.3. The van der Waals surface area contributed by atoms with Crippen LogP contribution in [-0.4, -0.2) is 30.1 Å². The van der Waals surface area contributed by atoms with Crippen molar-refractivity contribution in [1.29, 1.82) is 0 Å². The number of benzene rings is 1. The number of hydrogen-bond acceptors (Lipinski definition) is 6. The van der Waals surface area contributed by atoms with E-state index in [1.807, 2.05) is 41.9 Å². The number of nitrogens with zero attached hydrogens (tertiary/aromatic N) is 5. The normalized spacial score (nSPS) is 13.2. The van der Waals surface area contributed by atoms with E-state index in [0.29, 0.717) is 18.7 Å². The topological polar surface area (TPSA) is 92.8 Å². The molecule has 0 bridgehead atoms. The van der Waals surface area contributed by atoms with Gasteiger partial charge in [0.25, 0.3) is 5.56 Å².